The molecule has 4 rings (SSSR count). The molecule has 0 spiro atoms. The molecule has 2 aromatic rings. The Kier molecular flexibility index (Phi) is 5.37. The fraction of sp³-hybridized carbons (Fsp3) is 0.435. The van der Waals surface area contributed by atoms with Crippen LogP contribution >= 0.6 is 0 Å². The third-order valence-corrected chi connectivity index (χ3v) is 6.21. The molecule has 4 atom stereocenters. The van der Waals surface area contributed by atoms with Crippen molar-refractivity contribution in [2.75, 3.05) is 27.4 Å². The van der Waals surface area contributed by atoms with E-state index in [2.05, 4.69) is 10.3 Å². The highest BCUT2D eigenvalue weighted by Crippen LogP contribution is 2.53. The zero-order chi connectivity index (χ0) is 20.5. The Bertz CT molecular complexity index is 932. The summed E-state index contributed by atoms with van der Waals surface area (Å²) in [6, 6.07) is 11.2. The maximum Gasteiger partial charge on any atom is 0.269 e. The molecule has 0 bridgehead atoms. The van der Waals surface area contributed by atoms with Gasteiger partial charge in [0.1, 0.15) is 11.4 Å². The van der Waals surface area contributed by atoms with Gasteiger partial charge in [-0.3, -0.25) is 9.59 Å². The molecule has 1 unspecified atom stereocenters. The van der Waals surface area contributed by atoms with Crippen molar-refractivity contribution in [2.45, 2.75) is 19.3 Å². The zero-order valence-electron chi connectivity index (χ0n) is 17.0. The van der Waals surface area contributed by atoms with Gasteiger partial charge in [-0.15, -0.1) is 0 Å². The molecule has 0 radical (unpaired) electrons. The lowest BCUT2D eigenvalue weighted by Crippen LogP contribution is -2.21. The number of carbonyl (C=O) groups excluding carboxylic acids is 2. The highest BCUT2D eigenvalue weighted by Gasteiger charge is 2.54. The quantitative estimate of drug-likeness (QED) is 0.731. The monoisotopic (exact) mass is 394 g/mol. The van der Waals surface area contributed by atoms with Crippen molar-refractivity contribution in [3.8, 4) is 5.75 Å². The summed E-state index contributed by atoms with van der Waals surface area (Å²) in [6.45, 7) is 3.54. The molecule has 1 aliphatic carbocycles. The van der Waals surface area contributed by atoms with Crippen molar-refractivity contribution in [3.05, 3.63) is 58.9 Å². The van der Waals surface area contributed by atoms with Crippen molar-refractivity contribution in [1.82, 2.24) is 10.3 Å². The van der Waals surface area contributed by atoms with E-state index in [1.54, 1.807) is 20.2 Å². The van der Waals surface area contributed by atoms with Gasteiger partial charge in [-0.05, 0) is 47.6 Å². The van der Waals surface area contributed by atoms with Crippen LogP contribution in [0.25, 0.3) is 0 Å². The van der Waals surface area contributed by atoms with Gasteiger partial charge in [0.05, 0.1) is 20.3 Å². The Morgan fingerprint density at radius 3 is 2.69 bits per heavy atom. The number of pyridine rings is 1. The topological polar surface area (TPSA) is 77.5 Å². The molecular formula is C23H26N2O4. The van der Waals surface area contributed by atoms with E-state index in [1.165, 1.54) is 0 Å². The van der Waals surface area contributed by atoms with Gasteiger partial charge in [-0.25, -0.2) is 4.98 Å². The van der Waals surface area contributed by atoms with Crippen LogP contribution in [0.15, 0.2) is 36.4 Å². The van der Waals surface area contributed by atoms with Crippen LogP contribution in [0.5, 0.6) is 5.75 Å². The second kappa shape index (κ2) is 7.95. The third kappa shape index (κ3) is 3.90. The number of nitrogens with one attached hydrogen (secondary N) is 1. The number of nitrogens with zero attached hydrogens (tertiary/aromatic N) is 1. The van der Waals surface area contributed by atoms with Crippen LogP contribution in [-0.4, -0.2) is 44.0 Å². The maximum absolute atomic E-state index is 13.0. The number of methoxy groups -OCH3 is 1. The molecule has 1 aromatic carbocycles. The van der Waals surface area contributed by atoms with Crippen LogP contribution < -0.4 is 10.1 Å². The third-order valence-electron chi connectivity index (χ3n) is 6.21. The second-order valence-corrected chi connectivity index (χ2v) is 7.90. The number of carbonyl (C=O) groups is 2. The van der Waals surface area contributed by atoms with E-state index >= 15 is 0 Å². The molecule has 2 fully saturated rings. The minimum absolute atomic E-state index is 0.0658. The highest BCUT2D eigenvalue weighted by molar-refractivity contribution is 6.00. The molecule has 6 nitrogen and oxygen atoms in total. The fourth-order valence-corrected chi connectivity index (χ4v) is 4.25. The van der Waals surface area contributed by atoms with Crippen molar-refractivity contribution in [1.29, 1.82) is 0 Å². The predicted molar refractivity (Wildman–Crippen MR) is 108 cm³/mol. The van der Waals surface area contributed by atoms with Crippen molar-refractivity contribution in [2.24, 2.45) is 17.8 Å². The molecule has 29 heavy (non-hydrogen) atoms. The number of fused-ring (bicyclic) bond motifs is 1. The van der Waals surface area contributed by atoms with Gasteiger partial charge in [-0.1, -0.05) is 19.1 Å². The van der Waals surface area contributed by atoms with Gasteiger partial charge >= 0.3 is 0 Å². The Morgan fingerprint density at radius 1 is 1.24 bits per heavy atom. The van der Waals surface area contributed by atoms with Crippen LogP contribution in [-0.2, 0) is 4.74 Å². The largest absolute Gasteiger partial charge is 0.497 e. The van der Waals surface area contributed by atoms with Gasteiger partial charge in [0.25, 0.3) is 5.91 Å². The van der Waals surface area contributed by atoms with Crippen LogP contribution in [0.4, 0.5) is 0 Å². The zero-order valence-corrected chi connectivity index (χ0v) is 17.0. The fourth-order valence-electron chi connectivity index (χ4n) is 4.25. The van der Waals surface area contributed by atoms with Crippen LogP contribution in [0.2, 0.25) is 0 Å². The Morgan fingerprint density at radius 2 is 2.00 bits per heavy atom. The number of rotatable bonds is 7. The molecule has 1 saturated heterocycles. The summed E-state index contributed by atoms with van der Waals surface area (Å²) in [6.07, 6.45) is 0.503. The number of aromatic nitrogens is 1. The first kappa shape index (κ1) is 19.6. The van der Waals surface area contributed by atoms with E-state index in [9.17, 15) is 9.59 Å². The lowest BCUT2D eigenvalue weighted by atomic mass is 9.94. The summed E-state index contributed by atoms with van der Waals surface area (Å²) in [4.78, 5) is 29.8. The molecule has 2 heterocycles. The number of ether oxygens (including phenoxy) is 2. The Labute approximate surface area is 170 Å². The number of benzene rings is 1. The lowest BCUT2D eigenvalue weighted by Gasteiger charge is -2.15. The minimum Gasteiger partial charge on any atom is -0.497 e. The molecule has 1 N–H and O–H groups in total. The van der Waals surface area contributed by atoms with Crippen molar-refractivity contribution < 1.29 is 19.1 Å². The molecular weight excluding hydrogens is 368 g/mol. The molecule has 1 aliphatic heterocycles. The van der Waals surface area contributed by atoms with Crippen molar-refractivity contribution >= 4 is 11.7 Å². The average Bonchev–Trinajstić information content (AvgIpc) is 3.17. The molecule has 6 heteroatoms. The summed E-state index contributed by atoms with van der Waals surface area (Å²) < 4.78 is 10.7. The van der Waals surface area contributed by atoms with E-state index in [1.807, 2.05) is 37.3 Å². The summed E-state index contributed by atoms with van der Waals surface area (Å²) in [5.41, 5.74) is 2.52. The average molecular weight is 394 g/mol. The smallest absolute Gasteiger partial charge is 0.269 e. The predicted octanol–water partition coefficient (Wildman–Crippen LogP) is 3.07. The highest BCUT2D eigenvalue weighted by atomic mass is 16.5. The number of ketones is 1. The Balaban J connectivity index is 1.63. The normalized spacial score (nSPS) is 23.2. The van der Waals surface area contributed by atoms with Crippen molar-refractivity contribution in [3.63, 3.8) is 0 Å². The number of amides is 1. The molecule has 1 aromatic heterocycles. The van der Waals surface area contributed by atoms with Gasteiger partial charge in [0.2, 0.25) is 0 Å². The van der Waals surface area contributed by atoms with E-state index in [4.69, 9.17) is 9.47 Å². The van der Waals surface area contributed by atoms with Gasteiger partial charge in [-0.2, -0.15) is 0 Å². The van der Waals surface area contributed by atoms with Gasteiger partial charge < -0.3 is 14.8 Å². The summed E-state index contributed by atoms with van der Waals surface area (Å²) in [5.74, 6) is 1.90. The summed E-state index contributed by atoms with van der Waals surface area (Å²) in [5, 5.41) is 2.61. The number of Topliss-reactive ketones (excluding diaryl/α,β-unsaturated/α-hetero) is 1. The first-order valence-corrected chi connectivity index (χ1v) is 10.0. The van der Waals surface area contributed by atoms with Crippen LogP contribution in [0.1, 0.15) is 51.4 Å². The first-order chi connectivity index (χ1) is 14.0. The van der Waals surface area contributed by atoms with Gasteiger partial charge in [0.15, 0.2) is 5.78 Å². The SMILES string of the molecule is CNC(=O)c1cc(C(=O)CC2[C@H]3COC[C@@H]23)cc([C@H](C)c2cccc(OC)c2)n1. The maximum atomic E-state index is 13.0. The van der Waals surface area contributed by atoms with Crippen LogP contribution in [0.3, 0.4) is 0 Å². The number of hydrogen-bond donors (Lipinski definition) is 1. The molecule has 1 amide bonds. The van der Waals surface area contributed by atoms with E-state index < -0.39 is 0 Å². The second-order valence-electron chi connectivity index (χ2n) is 7.90. The minimum atomic E-state index is -0.296. The standard InChI is InChI=1S/C23H26N2O4/c1-13(14-5-4-6-16(7-14)28-3)20-8-15(9-21(25-20)23(27)24-2)22(26)10-17-18-11-29-12-19(17)18/h4-9,13,17-19H,10-12H2,1-3H3,(H,24,27)/t13-,17?,18-,19+/m1/s1. The van der Waals surface area contributed by atoms with E-state index in [0.717, 1.165) is 24.5 Å². The molecule has 152 valence electrons. The van der Waals surface area contributed by atoms with E-state index in [0.29, 0.717) is 35.4 Å². The van der Waals surface area contributed by atoms with Gasteiger partial charge in [0, 0.05) is 30.6 Å². The summed E-state index contributed by atoms with van der Waals surface area (Å²) in [7, 11) is 3.19. The van der Waals surface area contributed by atoms with E-state index in [-0.39, 0.29) is 23.3 Å². The lowest BCUT2D eigenvalue weighted by molar-refractivity contribution is 0.0950. The number of hydrogen-bond acceptors (Lipinski definition) is 5. The molecule has 2 aliphatic rings. The Hall–Kier alpha value is -2.73. The first-order valence-electron chi connectivity index (χ1n) is 10.0. The molecule has 1 saturated carbocycles. The summed E-state index contributed by atoms with van der Waals surface area (Å²) >= 11 is 0. The van der Waals surface area contributed by atoms with Crippen LogP contribution in [0, 0.1) is 17.8 Å².